The predicted molar refractivity (Wildman–Crippen MR) is 73.2 cm³/mol. The van der Waals surface area contributed by atoms with E-state index in [0.717, 1.165) is 18.6 Å². The lowest BCUT2D eigenvalue weighted by molar-refractivity contribution is -0.125. The second kappa shape index (κ2) is 7.41. The first kappa shape index (κ1) is 16.1. The van der Waals surface area contributed by atoms with Crippen LogP contribution in [0.25, 0.3) is 0 Å². The van der Waals surface area contributed by atoms with E-state index >= 15 is 0 Å². The van der Waals surface area contributed by atoms with Gasteiger partial charge in [-0.1, -0.05) is 19.8 Å². The van der Waals surface area contributed by atoms with E-state index in [4.69, 9.17) is 5.73 Å². The number of hydrogen-bond donors (Lipinski definition) is 2. The van der Waals surface area contributed by atoms with E-state index in [0.29, 0.717) is 6.54 Å². The molecule has 0 radical (unpaired) electrons. The lowest BCUT2D eigenvalue weighted by Crippen LogP contribution is -2.53. The van der Waals surface area contributed by atoms with Gasteiger partial charge in [0, 0.05) is 18.2 Å². The molecule has 0 aromatic rings. The molecule has 1 aliphatic carbocycles. The molecule has 0 bridgehead atoms. The first-order valence-corrected chi connectivity index (χ1v) is 7.04. The van der Waals surface area contributed by atoms with Crippen LogP contribution in [0.4, 0.5) is 0 Å². The third-order valence-electron chi connectivity index (χ3n) is 3.20. The Balaban J connectivity index is 0.00000225. The lowest BCUT2D eigenvalue weighted by atomic mass is 9.97. The zero-order valence-corrected chi connectivity index (χ0v) is 11.8. The van der Waals surface area contributed by atoms with Crippen LogP contribution in [-0.4, -0.2) is 30.0 Å². The summed E-state index contributed by atoms with van der Waals surface area (Å²) >= 11 is 1.71. The molecule has 1 fully saturated rings. The van der Waals surface area contributed by atoms with Gasteiger partial charge in [-0.3, -0.25) is 4.79 Å². The summed E-state index contributed by atoms with van der Waals surface area (Å²) in [6.07, 6.45) is 6.49. The van der Waals surface area contributed by atoms with Crippen molar-refractivity contribution >= 4 is 30.1 Å². The van der Waals surface area contributed by atoms with Crippen LogP contribution < -0.4 is 11.1 Å². The predicted octanol–water partition coefficient (Wildman–Crippen LogP) is 1.79. The summed E-state index contributed by atoms with van der Waals surface area (Å²) in [6, 6.07) is 0. The topological polar surface area (TPSA) is 55.1 Å². The van der Waals surface area contributed by atoms with Crippen LogP contribution in [0.5, 0.6) is 0 Å². The van der Waals surface area contributed by atoms with Crippen molar-refractivity contribution in [3.8, 4) is 0 Å². The number of nitrogens with one attached hydrogen (secondary N) is 1. The van der Waals surface area contributed by atoms with Crippen LogP contribution in [-0.2, 0) is 4.79 Å². The zero-order chi connectivity index (χ0) is 11.3. The number of halogens is 1. The highest BCUT2D eigenvalue weighted by atomic mass is 35.5. The van der Waals surface area contributed by atoms with Gasteiger partial charge in [0.2, 0.25) is 5.91 Å². The molecule has 96 valence electrons. The van der Waals surface area contributed by atoms with Gasteiger partial charge in [-0.15, -0.1) is 12.4 Å². The van der Waals surface area contributed by atoms with Crippen LogP contribution in [0.1, 0.15) is 32.6 Å². The largest absolute Gasteiger partial charge is 0.349 e. The summed E-state index contributed by atoms with van der Waals surface area (Å²) in [4.78, 5) is 11.9. The lowest BCUT2D eigenvalue weighted by Gasteiger charge is -2.30. The minimum Gasteiger partial charge on any atom is -0.349 e. The van der Waals surface area contributed by atoms with Gasteiger partial charge in [0.15, 0.2) is 0 Å². The van der Waals surface area contributed by atoms with Crippen molar-refractivity contribution < 1.29 is 4.79 Å². The second-order valence-electron chi connectivity index (χ2n) is 4.54. The first-order chi connectivity index (χ1) is 7.13. The average molecular weight is 267 g/mol. The number of nitrogens with two attached hydrogens (primary N) is 1. The van der Waals surface area contributed by atoms with Gasteiger partial charge >= 0.3 is 0 Å². The fourth-order valence-electron chi connectivity index (χ4n) is 2.14. The van der Waals surface area contributed by atoms with Crippen molar-refractivity contribution in [3.63, 3.8) is 0 Å². The van der Waals surface area contributed by atoms with E-state index in [2.05, 4.69) is 5.32 Å². The summed E-state index contributed by atoms with van der Waals surface area (Å²) in [5, 5.41) is 3.15. The van der Waals surface area contributed by atoms with Crippen molar-refractivity contribution in [3.05, 3.63) is 0 Å². The van der Waals surface area contributed by atoms with Gasteiger partial charge in [-0.05, 0) is 19.1 Å². The summed E-state index contributed by atoms with van der Waals surface area (Å²) in [7, 11) is 0. The quantitative estimate of drug-likeness (QED) is 0.798. The van der Waals surface area contributed by atoms with Crippen LogP contribution in [0.15, 0.2) is 0 Å². The fraction of sp³-hybridized carbons (Fsp3) is 0.909. The van der Waals surface area contributed by atoms with Crippen molar-refractivity contribution in [1.82, 2.24) is 5.32 Å². The molecule has 0 saturated heterocycles. The summed E-state index contributed by atoms with van der Waals surface area (Å²) in [5.74, 6) is 1.13. The van der Waals surface area contributed by atoms with E-state index in [1.807, 2.05) is 13.2 Å². The number of carbonyl (C=O) groups excluding carboxylic acids is 1. The molecule has 1 aliphatic rings. The van der Waals surface area contributed by atoms with Gasteiger partial charge in [-0.25, -0.2) is 0 Å². The van der Waals surface area contributed by atoms with Crippen molar-refractivity contribution in [1.29, 1.82) is 0 Å². The molecule has 1 atom stereocenters. The highest BCUT2D eigenvalue weighted by molar-refractivity contribution is 7.98. The highest BCUT2D eigenvalue weighted by Gasteiger charge is 2.34. The maximum absolute atomic E-state index is 11.9. The van der Waals surface area contributed by atoms with Crippen molar-refractivity contribution in [2.75, 3.05) is 18.6 Å². The summed E-state index contributed by atoms with van der Waals surface area (Å²) < 4.78 is 0. The summed E-state index contributed by atoms with van der Waals surface area (Å²) in [6.45, 7) is 2.55. The smallest absolute Gasteiger partial charge is 0.224 e. The Hall–Kier alpha value is 0.0700. The third-order valence-corrected chi connectivity index (χ3v) is 4.04. The molecule has 1 amide bonds. The van der Waals surface area contributed by atoms with Gasteiger partial charge in [-0.2, -0.15) is 11.8 Å². The van der Waals surface area contributed by atoms with E-state index in [1.165, 1.54) is 12.8 Å². The highest BCUT2D eigenvalue weighted by Crippen LogP contribution is 2.28. The third kappa shape index (κ3) is 4.15. The Kier molecular flexibility index (Phi) is 7.44. The number of hydrogen-bond acceptors (Lipinski definition) is 3. The molecule has 1 saturated carbocycles. The molecule has 0 heterocycles. The molecule has 3 N–H and O–H groups in total. The molecule has 1 unspecified atom stereocenters. The molecular formula is C11H23ClN2OS. The minimum atomic E-state index is -0.0935. The molecular weight excluding hydrogens is 244 g/mol. The number of rotatable bonds is 5. The Morgan fingerprint density at radius 3 is 2.50 bits per heavy atom. The SMILES string of the molecule is CSCC(C)C(=O)NC1(CN)CCCC1.Cl. The van der Waals surface area contributed by atoms with E-state index in [9.17, 15) is 4.79 Å². The molecule has 0 aliphatic heterocycles. The standard InChI is InChI=1S/C11H22N2OS.ClH/c1-9(7-15-2)10(14)13-11(8-12)5-3-4-6-11;/h9H,3-8,12H2,1-2H3,(H,13,14);1H. The number of thioether (sulfide) groups is 1. The van der Waals surface area contributed by atoms with Gasteiger partial charge in [0.25, 0.3) is 0 Å². The summed E-state index contributed by atoms with van der Waals surface area (Å²) in [5.41, 5.74) is 5.68. The number of amides is 1. The Bertz CT molecular complexity index is 220. The zero-order valence-electron chi connectivity index (χ0n) is 10.1. The van der Waals surface area contributed by atoms with Crippen LogP contribution >= 0.6 is 24.2 Å². The monoisotopic (exact) mass is 266 g/mol. The maximum atomic E-state index is 11.9. The Labute approximate surface area is 109 Å². The van der Waals surface area contributed by atoms with E-state index in [-0.39, 0.29) is 29.8 Å². The van der Waals surface area contributed by atoms with Crippen LogP contribution in [0.2, 0.25) is 0 Å². The Morgan fingerprint density at radius 2 is 2.06 bits per heavy atom. The molecule has 16 heavy (non-hydrogen) atoms. The maximum Gasteiger partial charge on any atom is 0.224 e. The first-order valence-electron chi connectivity index (χ1n) is 5.64. The van der Waals surface area contributed by atoms with Gasteiger partial charge in [0.05, 0.1) is 5.54 Å². The Morgan fingerprint density at radius 1 is 1.50 bits per heavy atom. The van der Waals surface area contributed by atoms with Gasteiger partial charge < -0.3 is 11.1 Å². The second-order valence-corrected chi connectivity index (χ2v) is 5.45. The van der Waals surface area contributed by atoms with E-state index in [1.54, 1.807) is 11.8 Å². The molecule has 0 aromatic carbocycles. The van der Waals surface area contributed by atoms with Gasteiger partial charge in [0.1, 0.15) is 0 Å². The molecule has 1 rings (SSSR count). The fourth-order valence-corrected chi connectivity index (χ4v) is 2.79. The molecule has 5 heteroatoms. The van der Waals surface area contributed by atoms with Crippen LogP contribution in [0.3, 0.4) is 0 Å². The van der Waals surface area contributed by atoms with Crippen molar-refractivity contribution in [2.24, 2.45) is 11.7 Å². The molecule has 3 nitrogen and oxygen atoms in total. The number of carbonyl (C=O) groups is 1. The average Bonchev–Trinajstić information content (AvgIpc) is 2.67. The van der Waals surface area contributed by atoms with Crippen LogP contribution in [0, 0.1) is 5.92 Å². The molecule has 0 aromatic heterocycles. The minimum absolute atomic E-state index is 0. The van der Waals surface area contributed by atoms with E-state index < -0.39 is 0 Å². The normalized spacial score (nSPS) is 19.9. The van der Waals surface area contributed by atoms with Crippen molar-refractivity contribution in [2.45, 2.75) is 38.1 Å². The molecule has 0 spiro atoms.